The maximum Gasteiger partial charge on any atom is 0.490 e. The summed E-state index contributed by atoms with van der Waals surface area (Å²) in [6.07, 6.45) is -1.37. The summed E-state index contributed by atoms with van der Waals surface area (Å²) in [7, 11) is -16.6. The first kappa shape index (κ1) is 25.1. The van der Waals surface area contributed by atoms with E-state index in [9.17, 15) is 33.7 Å². The van der Waals surface area contributed by atoms with Gasteiger partial charge in [0.15, 0.2) is 11.5 Å². The van der Waals surface area contributed by atoms with E-state index in [0.29, 0.717) is 0 Å². The van der Waals surface area contributed by atoms with Gasteiger partial charge in [0.1, 0.15) is 11.6 Å². The summed E-state index contributed by atoms with van der Waals surface area (Å²) in [5.74, 6) is -0.534. The molecule has 2 aliphatic rings. The number of nitrogens with zero attached hydrogens (tertiary/aromatic N) is 4. The molecule has 0 bridgehead atoms. The quantitative estimate of drug-likeness (QED) is 0.164. The first-order valence-electron chi connectivity index (χ1n) is 8.85. The highest BCUT2D eigenvalue weighted by atomic mass is 35.5. The number of nitrogen functional groups attached to an aromatic ring is 1. The Morgan fingerprint density at radius 2 is 1.82 bits per heavy atom. The second kappa shape index (κ2) is 8.00. The molecule has 2 heterocycles. The Bertz CT molecular complexity index is 1250. The van der Waals surface area contributed by atoms with Crippen LogP contribution in [0.5, 0.6) is 0 Å². The van der Waals surface area contributed by atoms with Crippen LogP contribution in [0.4, 0.5) is 5.82 Å². The number of rotatable bonds is 8. The monoisotopic (exact) mass is 551 g/mol. The minimum Gasteiger partial charge on any atom is -0.390 e. The van der Waals surface area contributed by atoms with Crippen LogP contribution >= 0.6 is 35.1 Å². The van der Waals surface area contributed by atoms with Gasteiger partial charge in [-0.3, -0.25) is 4.52 Å². The fourth-order valence-electron chi connectivity index (χ4n) is 4.16. The van der Waals surface area contributed by atoms with Crippen molar-refractivity contribution in [2.75, 3.05) is 12.3 Å². The molecule has 33 heavy (non-hydrogen) atoms. The van der Waals surface area contributed by atoms with E-state index in [2.05, 4.69) is 28.1 Å². The van der Waals surface area contributed by atoms with Crippen molar-refractivity contribution >= 4 is 52.1 Å². The predicted octanol–water partition coefficient (Wildman–Crippen LogP) is -0.312. The molecule has 7 atom stereocenters. The summed E-state index contributed by atoms with van der Waals surface area (Å²) >= 11 is 5.84. The molecular formula is C12H17ClN5O12P3. The summed E-state index contributed by atoms with van der Waals surface area (Å²) in [4.78, 5) is 47.9. The van der Waals surface area contributed by atoms with Gasteiger partial charge in [0.2, 0.25) is 5.28 Å². The number of phosphoric acid groups is 3. The van der Waals surface area contributed by atoms with Crippen LogP contribution in [-0.2, 0) is 26.8 Å². The van der Waals surface area contributed by atoms with Crippen LogP contribution in [0.1, 0.15) is 12.5 Å². The smallest absolute Gasteiger partial charge is 0.390 e. The molecule has 2 saturated carbocycles. The lowest BCUT2D eigenvalue weighted by atomic mass is 10.0. The summed E-state index contributed by atoms with van der Waals surface area (Å²) in [6.45, 7) is -0.722. The van der Waals surface area contributed by atoms with Crippen LogP contribution in [0.25, 0.3) is 11.2 Å². The van der Waals surface area contributed by atoms with Gasteiger partial charge >= 0.3 is 23.5 Å². The van der Waals surface area contributed by atoms with Crippen LogP contribution in [0.3, 0.4) is 0 Å². The van der Waals surface area contributed by atoms with Gasteiger partial charge in [-0.1, -0.05) is 0 Å². The molecule has 6 unspecified atom stereocenters. The van der Waals surface area contributed by atoms with Crippen LogP contribution in [0.2, 0.25) is 5.28 Å². The molecule has 8 N–H and O–H groups in total. The van der Waals surface area contributed by atoms with Gasteiger partial charge < -0.3 is 40.1 Å². The van der Waals surface area contributed by atoms with Crippen LogP contribution in [-0.4, -0.2) is 68.1 Å². The molecule has 2 aliphatic carbocycles. The number of nitrogens with two attached hydrogens (primary N) is 1. The van der Waals surface area contributed by atoms with E-state index in [1.54, 1.807) is 0 Å². The minimum atomic E-state index is -5.69. The SMILES string of the molecule is Nc1nc(Cl)nc2c1ncn2C1C(O)C(O)[C@]2(COP(=O)(O)OP(=O)(O)OP(=O)(O)O)CC12. The van der Waals surface area contributed by atoms with E-state index >= 15 is 0 Å². The number of phosphoric ester groups is 1. The van der Waals surface area contributed by atoms with Crippen molar-refractivity contribution in [3.05, 3.63) is 11.6 Å². The average molecular weight is 552 g/mol. The fraction of sp³-hybridized carbons (Fsp3) is 0.583. The lowest BCUT2D eigenvalue weighted by Gasteiger charge is -2.24. The van der Waals surface area contributed by atoms with E-state index in [1.165, 1.54) is 10.9 Å². The number of anilines is 1. The molecule has 0 aliphatic heterocycles. The lowest BCUT2D eigenvalue weighted by Crippen LogP contribution is -2.35. The van der Waals surface area contributed by atoms with Crippen LogP contribution in [0.15, 0.2) is 6.33 Å². The van der Waals surface area contributed by atoms with Gasteiger partial charge in [-0.15, -0.1) is 0 Å². The van der Waals surface area contributed by atoms with Crippen molar-refractivity contribution < 1.29 is 56.6 Å². The third-order valence-corrected chi connectivity index (χ3v) is 9.46. The molecule has 184 valence electrons. The zero-order chi connectivity index (χ0) is 24.6. The average Bonchev–Trinajstić information content (AvgIpc) is 3.13. The summed E-state index contributed by atoms with van der Waals surface area (Å²) in [5.41, 5.74) is 4.89. The number of aliphatic hydroxyl groups excluding tert-OH is 2. The lowest BCUT2D eigenvalue weighted by molar-refractivity contribution is -0.0297. The van der Waals surface area contributed by atoms with Gasteiger partial charge in [-0.2, -0.15) is 18.6 Å². The van der Waals surface area contributed by atoms with E-state index in [1.807, 2.05) is 0 Å². The predicted molar refractivity (Wildman–Crippen MR) is 106 cm³/mol. The second-order valence-electron chi connectivity index (χ2n) is 7.54. The van der Waals surface area contributed by atoms with E-state index < -0.39 is 59.7 Å². The van der Waals surface area contributed by atoms with E-state index in [4.69, 9.17) is 27.1 Å². The summed E-state index contributed by atoms with van der Waals surface area (Å²) in [6, 6.07) is -0.820. The van der Waals surface area contributed by atoms with Crippen LogP contribution < -0.4 is 5.73 Å². The Balaban J connectivity index is 1.52. The molecule has 0 aromatic carbocycles. The van der Waals surface area contributed by atoms with Crippen LogP contribution in [0, 0.1) is 11.3 Å². The molecule has 0 radical (unpaired) electrons. The molecule has 0 saturated heterocycles. The topological polar surface area (TPSA) is 270 Å². The summed E-state index contributed by atoms with van der Waals surface area (Å²) < 4.78 is 47.6. The van der Waals surface area contributed by atoms with E-state index in [-0.39, 0.29) is 28.7 Å². The standard InChI is InChI=1S/C12H17ClN5O12P3/c13-11-16-9(14)5-10(17-11)18(3-15-5)6-4-1-12(4,8(20)7(6)19)2-28-32(24,25)30-33(26,27)29-31(21,22)23/h3-4,6-8,19-20H,1-2H2,(H,24,25)(H,26,27)(H2,14,16,17)(H2,21,22,23)/t4?,6?,7?,8?,12-/m0/s1. The van der Waals surface area contributed by atoms with Crippen molar-refractivity contribution in [2.45, 2.75) is 24.7 Å². The molecule has 2 aromatic heterocycles. The Morgan fingerprint density at radius 3 is 2.45 bits per heavy atom. The van der Waals surface area contributed by atoms with Crippen molar-refractivity contribution in [3.63, 3.8) is 0 Å². The van der Waals surface area contributed by atoms with Gasteiger partial charge in [0.05, 0.1) is 25.1 Å². The highest BCUT2D eigenvalue weighted by Crippen LogP contribution is 2.71. The molecular weight excluding hydrogens is 535 g/mol. The largest absolute Gasteiger partial charge is 0.490 e. The Kier molecular flexibility index (Phi) is 6.08. The number of hydrogen-bond donors (Lipinski definition) is 7. The zero-order valence-corrected chi connectivity index (χ0v) is 19.5. The number of hydrogen-bond acceptors (Lipinski definition) is 12. The van der Waals surface area contributed by atoms with E-state index in [0.717, 1.165) is 0 Å². The molecule has 2 fully saturated rings. The third-order valence-electron chi connectivity index (χ3n) is 5.51. The fourth-order valence-corrected chi connectivity index (χ4v) is 7.43. The van der Waals surface area contributed by atoms with Gasteiger partial charge in [0.25, 0.3) is 0 Å². The van der Waals surface area contributed by atoms with Crippen molar-refractivity contribution in [3.8, 4) is 0 Å². The molecule has 0 spiro atoms. The number of imidazole rings is 1. The Hall–Kier alpha value is -1.03. The van der Waals surface area contributed by atoms with Gasteiger partial charge in [-0.25, -0.2) is 18.7 Å². The van der Waals surface area contributed by atoms with Crippen molar-refractivity contribution in [2.24, 2.45) is 11.3 Å². The highest BCUT2D eigenvalue weighted by Gasteiger charge is 2.72. The first-order valence-corrected chi connectivity index (χ1v) is 13.8. The maximum absolute atomic E-state index is 12.0. The van der Waals surface area contributed by atoms with Crippen molar-refractivity contribution in [1.82, 2.24) is 19.5 Å². The maximum atomic E-state index is 12.0. The van der Waals surface area contributed by atoms with Gasteiger partial charge in [-0.05, 0) is 23.9 Å². The molecule has 2 aromatic rings. The highest BCUT2D eigenvalue weighted by molar-refractivity contribution is 7.66. The zero-order valence-electron chi connectivity index (χ0n) is 16.0. The second-order valence-corrected chi connectivity index (χ2v) is 12.3. The molecule has 4 rings (SSSR count). The summed E-state index contributed by atoms with van der Waals surface area (Å²) in [5, 5.41) is 21.0. The molecule has 21 heteroatoms. The number of fused-ring (bicyclic) bond motifs is 2. The third kappa shape index (κ3) is 4.75. The molecule has 0 amide bonds. The number of aromatic nitrogens is 4. The number of halogens is 1. The Morgan fingerprint density at radius 1 is 1.15 bits per heavy atom. The number of aliphatic hydroxyl groups is 2. The Labute approximate surface area is 188 Å². The molecule has 17 nitrogen and oxygen atoms in total. The first-order chi connectivity index (χ1) is 15.1. The van der Waals surface area contributed by atoms with Gasteiger partial charge in [0, 0.05) is 5.41 Å². The van der Waals surface area contributed by atoms with Crippen molar-refractivity contribution in [1.29, 1.82) is 0 Å². The minimum absolute atomic E-state index is 0.00787. The normalized spacial score (nSPS) is 32.9.